The maximum Gasteiger partial charge on any atom is 0.253 e. The van der Waals surface area contributed by atoms with Crippen LogP contribution in [0.3, 0.4) is 0 Å². The van der Waals surface area contributed by atoms with Crippen molar-refractivity contribution >= 4 is 11.6 Å². The van der Waals surface area contributed by atoms with Crippen molar-refractivity contribution < 1.29 is 19.4 Å². The van der Waals surface area contributed by atoms with E-state index in [0.717, 1.165) is 5.69 Å². The van der Waals surface area contributed by atoms with Crippen LogP contribution < -0.4 is 9.64 Å². The van der Waals surface area contributed by atoms with Gasteiger partial charge in [0.05, 0.1) is 25.4 Å². The second kappa shape index (κ2) is 5.84. The van der Waals surface area contributed by atoms with E-state index in [-0.39, 0.29) is 25.2 Å². The van der Waals surface area contributed by atoms with Gasteiger partial charge in [0.15, 0.2) is 0 Å². The van der Waals surface area contributed by atoms with Gasteiger partial charge in [0.2, 0.25) is 0 Å². The highest BCUT2D eigenvalue weighted by Gasteiger charge is 2.28. The Labute approximate surface area is 106 Å². The quantitative estimate of drug-likeness (QED) is 0.860. The molecule has 0 aliphatic carbocycles. The summed E-state index contributed by atoms with van der Waals surface area (Å²) in [5.41, 5.74) is 0.747. The SMILES string of the molecule is COc1ccccc1N1CC(CCO)OCC1=O. The number of rotatable bonds is 4. The highest BCUT2D eigenvalue weighted by Crippen LogP contribution is 2.29. The third-order valence-electron chi connectivity index (χ3n) is 2.96. The number of nitrogens with zero attached hydrogens (tertiary/aromatic N) is 1. The predicted molar refractivity (Wildman–Crippen MR) is 66.8 cm³/mol. The number of benzene rings is 1. The summed E-state index contributed by atoms with van der Waals surface area (Å²) in [6.07, 6.45) is 0.400. The first kappa shape index (κ1) is 12.9. The minimum atomic E-state index is -0.127. The molecular formula is C13H17NO4. The molecule has 1 amide bonds. The Hall–Kier alpha value is -1.59. The number of methoxy groups -OCH3 is 1. The molecular weight excluding hydrogens is 234 g/mol. The zero-order valence-electron chi connectivity index (χ0n) is 10.3. The van der Waals surface area contributed by atoms with Gasteiger partial charge in [-0.05, 0) is 18.6 Å². The fourth-order valence-corrected chi connectivity index (χ4v) is 2.03. The molecule has 0 aromatic heterocycles. The van der Waals surface area contributed by atoms with Crippen LogP contribution in [0.1, 0.15) is 6.42 Å². The largest absolute Gasteiger partial charge is 0.495 e. The molecule has 1 aromatic carbocycles. The number of anilines is 1. The van der Waals surface area contributed by atoms with Gasteiger partial charge in [-0.15, -0.1) is 0 Å². The average molecular weight is 251 g/mol. The molecule has 1 fully saturated rings. The normalized spacial score (nSPS) is 20.0. The summed E-state index contributed by atoms with van der Waals surface area (Å²) in [6, 6.07) is 7.39. The molecule has 0 saturated carbocycles. The maximum atomic E-state index is 11.9. The van der Waals surface area contributed by atoms with Crippen molar-refractivity contribution in [3.63, 3.8) is 0 Å². The van der Waals surface area contributed by atoms with Crippen molar-refractivity contribution in [3.8, 4) is 5.75 Å². The first-order valence-electron chi connectivity index (χ1n) is 5.92. The van der Waals surface area contributed by atoms with E-state index < -0.39 is 0 Å². The Bertz CT molecular complexity index is 421. The molecule has 1 unspecified atom stereocenters. The van der Waals surface area contributed by atoms with Crippen LogP contribution in [0.4, 0.5) is 5.69 Å². The molecule has 0 bridgehead atoms. The number of hydrogen-bond donors (Lipinski definition) is 1. The van der Waals surface area contributed by atoms with Gasteiger partial charge in [-0.25, -0.2) is 0 Å². The summed E-state index contributed by atoms with van der Waals surface area (Å²) in [5.74, 6) is 0.573. The van der Waals surface area contributed by atoms with Crippen LogP contribution in [0.2, 0.25) is 0 Å². The number of hydrogen-bond acceptors (Lipinski definition) is 4. The third-order valence-corrected chi connectivity index (χ3v) is 2.96. The van der Waals surface area contributed by atoms with Gasteiger partial charge in [0, 0.05) is 6.61 Å². The molecule has 1 aliphatic rings. The topological polar surface area (TPSA) is 59.0 Å². The second-order valence-electron chi connectivity index (χ2n) is 4.12. The third kappa shape index (κ3) is 2.63. The number of ether oxygens (including phenoxy) is 2. The van der Waals surface area contributed by atoms with E-state index in [1.807, 2.05) is 24.3 Å². The number of amides is 1. The lowest BCUT2D eigenvalue weighted by atomic mass is 10.1. The summed E-state index contributed by atoms with van der Waals surface area (Å²) in [7, 11) is 1.58. The van der Waals surface area contributed by atoms with Crippen LogP contribution in [0.15, 0.2) is 24.3 Å². The van der Waals surface area contributed by atoms with E-state index in [2.05, 4.69) is 0 Å². The van der Waals surface area contributed by atoms with Gasteiger partial charge in [-0.1, -0.05) is 12.1 Å². The lowest BCUT2D eigenvalue weighted by molar-refractivity contribution is -0.129. The lowest BCUT2D eigenvalue weighted by Gasteiger charge is -2.33. The van der Waals surface area contributed by atoms with Crippen LogP contribution >= 0.6 is 0 Å². The monoisotopic (exact) mass is 251 g/mol. The van der Waals surface area contributed by atoms with Gasteiger partial charge in [-0.2, -0.15) is 0 Å². The van der Waals surface area contributed by atoms with E-state index in [9.17, 15) is 4.79 Å². The zero-order chi connectivity index (χ0) is 13.0. The van der Waals surface area contributed by atoms with Crippen LogP contribution in [0, 0.1) is 0 Å². The van der Waals surface area contributed by atoms with Crippen LogP contribution in [-0.4, -0.2) is 44.0 Å². The number of morpholine rings is 1. The van der Waals surface area contributed by atoms with E-state index in [0.29, 0.717) is 18.7 Å². The van der Waals surface area contributed by atoms with Crippen molar-refractivity contribution in [1.29, 1.82) is 0 Å². The number of carbonyl (C=O) groups excluding carboxylic acids is 1. The summed E-state index contributed by atoms with van der Waals surface area (Å²) in [6.45, 7) is 0.543. The van der Waals surface area contributed by atoms with Gasteiger partial charge >= 0.3 is 0 Å². The molecule has 0 spiro atoms. The van der Waals surface area contributed by atoms with Gasteiger partial charge < -0.3 is 19.5 Å². The smallest absolute Gasteiger partial charge is 0.253 e. The standard InChI is InChI=1S/C13H17NO4/c1-17-12-5-3-2-4-11(12)14-8-10(6-7-15)18-9-13(14)16/h2-5,10,15H,6-9H2,1H3. The molecule has 1 heterocycles. The summed E-state index contributed by atoms with van der Waals surface area (Å²) >= 11 is 0. The van der Waals surface area contributed by atoms with Gasteiger partial charge in [0.25, 0.3) is 5.91 Å². The molecule has 0 radical (unpaired) electrons. The van der Waals surface area contributed by atoms with E-state index >= 15 is 0 Å². The summed E-state index contributed by atoms with van der Waals surface area (Å²) in [5, 5.41) is 8.93. The Morgan fingerprint density at radius 2 is 2.28 bits per heavy atom. The van der Waals surface area contributed by atoms with E-state index in [1.54, 1.807) is 12.0 Å². The van der Waals surface area contributed by atoms with Gasteiger partial charge in [0.1, 0.15) is 12.4 Å². The van der Waals surface area contributed by atoms with Gasteiger partial charge in [-0.3, -0.25) is 4.79 Å². The molecule has 98 valence electrons. The van der Waals surface area contributed by atoms with Crippen LogP contribution in [-0.2, 0) is 9.53 Å². The van der Waals surface area contributed by atoms with Crippen molar-refractivity contribution in [1.82, 2.24) is 0 Å². The fourth-order valence-electron chi connectivity index (χ4n) is 2.03. The number of aliphatic hydroxyl groups excluding tert-OH is 1. The predicted octanol–water partition coefficient (Wildman–Crippen LogP) is 0.809. The number of carbonyl (C=O) groups is 1. The Balaban J connectivity index is 2.21. The molecule has 5 nitrogen and oxygen atoms in total. The first-order chi connectivity index (χ1) is 8.76. The van der Waals surface area contributed by atoms with Crippen molar-refractivity contribution in [3.05, 3.63) is 24.3 Å². The Morgan fingerprint density at radius 3 is 3.00 bits per heavy atom. The molecule has 1 saturated heterocycles. The first-order valence-corrected chi connectivity index (χ1v) is 5.92. The minimum absolute atomic E-state index is 0.0444. The van der Waals surface area contributed by atoms with Crippen molar-refractivity contribution in [2.24, 2.45) is 0 Å². The van der Waals surface area contributed by atoms with Crippen molar-refractivity contribution in [2.75, 3.05) is 31.8 Å². The lowest BCUT2D eigenvalue weighted by Crippen LogP contribution is -2.47. The number of para-hydroxylation sites is 2. The molecule has 1 aromatic rings. The summed E-state index contributed by atoms with van der Waals surface area (Å²) in [4.78, 5) is 13.6. The molecule has 1 N–H and O–H groups in total. The molecule has 18 heavy (non-hydrogen) atoms. The minimum Gasteiger partial charge on any atom is -0.495 e. The average Bonchev–Trinajstić information content (AvgIpc) is 2.41. The maximum absolute atomic E-state index is 11.9. The molecule has 5 heteroatoms. The van der Waals surface area contributed by atoms with Crippen LogP contribution in [0.25, 0.3) is 0 Å². The van der Waals surface area contributed by atoms with E-state index in [1.165, 1.54) is 0 Å². The Kier molecular flexibility index (Phi) is 4.17. The van der Waals surface area contributed by atoms with Crippen molar-refractivity contribution in [2.45, 2.75) is 12.5 Å². The number of aliphatic hydroxyl groups is 1. The molecule has 2 rings (SSSR count). The molecule has 1 atom stereocenters. The highest BCUT2D eigenvalue weighted by molar-refractivity contribution is 5.96. The fraction of sp³-hybridized carbons (Fsp3) is 0.462. The van der Waals surface area contributed by atoms with E-state index in [4.69, 9.17) is 14.6 Å². The zero-order valence-corrected chi connectivity index (χ0v) is 10.3. The second-order valence-corrected chi connectivity index (χ2v) is 4.12. The Morgan fingerprint density at radius 1 is 1.50 bits per heavy atom. The molecule has 1 aliphatic heterocycles. The highest BCUT2D eigenvalue weighted by atomic mass is 16.5. The summed E-state index contributed by atoms with van der Waals surface area (Å²) < 4.78 is 10.6. The van der Waals surface area contributed by atoms with Crippen LogP contribution in [0.5, 0.6) is 5.75 Å².